The molecule has 9 aromatic rings. The number of aromatic amines is 1. The second-order valence-electron chi connectivity index (χ2n) is 16.8. The number of pyridine rings is 3. The Morgan fingerprint density at radius 1 is 0.512 bits per heavy atom. The quantitative estimate of drug-likeness (QED) is 0.0631. The van der Waals surface area contributed by atoms with Crippen LogP contribution in [0, 0.1) is 34.9 Å². The van der Waals surface area contributed by atoms with Crippen molar-refractivity contribution in [2.24, 2.45) is 0 Å². The van der Waals surface area contributed by atoms with Crippen molar-refractivity contribution in [2.45, 2.75) is 32.8 Å². The molecule has 0 fully saturated rings. The van der Waals surface area contributed by atoms with Crippen LogP contribution in [0.3, 0.4) is 0 Å². The number of nitrogens with one attached hydrogen (secondary N) is 1. The summed E-state index contributed by atoms with van der Waals surface area (Å²) < 4.78 is 111. The van der Waals surface area contributed by atoms with Crippen molar-refractivity contribution >= 4 is 62.2 Å². The Morgan fingerprint density at radius 2 is 0.887 bits per heavy atom. The number of nitrogens with zero attached hydrogens (tertiary/aromatic N) is 2. The van der Waals surface area contributed by atoms with E-state index in [2.05, 4.69) is 9.72 Å². The van der Waals surface area contributed by atoms with E-state index in [0.717, 1.165) is 65.7 Å². The van der Waals surface area contributed by atoms with Crippen LogP contribution in [0.4, 0.5) is 26.3 Å². The fraction of sp³-hybridized carbons (Fsp3) is 0.172. The number of carboxylic acids is 1. The maximum absolute atomic E-state index is 14.5. The minimum Gasteiger partial charge on any atom is -0.497 e. The Morgan fingerprint density at radius 3 is 1.32 bits per heavy atom. The van der Waals surface area contributed by atoms with Gasteiger partial charge in [0.25, 0.3) is 0 Å². The average Bonchev–Trinajstić information content (AvgIpc) is 3.46. The van der Waals surface area contributed by atoms with E-state index in [9.17, 15) is 60.2 Å². The third-order valence-electron chi connectivity index (χ3n) is 11.7. The van der Waals surface area contributed by atoms with Crippen LogP contribution >= 0.6 is 11.6 Å². The van der Waals surface area contributed by atoms with Crippen LogP contribution in [0.2, 0.25) is 0 Å². The van der Waals surface area contributed by atoms with Crippen molar-refractivity contribution in [3.05, 3.63) is 227 Å². The highest BCUT2D eigenvalue weighted by Gasteiger charge is 2.23. The van der Waals surface area contributed by atoms with Gasteiger partial charge >= 0.3 is 17.9 Å². The first kappa shape index (κ1) is 59.9. The van der Waals surface area contributed by atoms with Crippen LogP contribution in [-0.2, 0) is 28.4 Å². The Bertz CT molecular complexity index is 3940. The number of carbonyl (C=O) groups is 3. The Kier molecular flexibility index (Phi) is 20.4. The van der Waals surface area contributed by atoms with Crippen molar-refractivity contribution in [2.75, 3.05) is 34.5 Å². The number of fused-ring (bicyclic) bond motifs is 3. The van der Waals surface area contributed by atoms with E-state index >= 15 is 0 Å². The number of aromatic carboxylic acids is 1. The van der Waals surface area contributed by atoms with Crippen LogP contribution in [-0.4, -0.2) is 71.7 Å². The summed E-state index contributed by atoms with van der Waals surface area (Å²) in [7, 11) is 4.65. The molecule has 3 aromatic heterocycles. The molecule has 0 atom stereocenters. The molecular formula is C58H48ClF6N3O12. The van der Waals surface area contributed by atoms with Gasteiger partial charge in [-0.15, -0.1) is 11.6 Å². The number of methoxy groups -OCH3 is 3. The van der Waals surface area contributed by atoms with Crippen LogP contribution in [0.25, 0.3) is 32.7 Å². The molecule has 416 valence electrons. The molecule has 3 heterocycles. The number of hydrogen-bond acceptors (Lipinski definition) is 11. The average molecular weight is 1130 g/mol. The van der Waals surface area contributed by atoms with E-state index in [1.165, 1.54) is 29.6 Å². The first-order valence-electron chi connectivity index (χ1n) is 23.8. The number of esters is 2. The standard InChI is InChI=1S/C20H17F2NO4.C18H13F2NO4.C12H9F2NO3.C8H9ClO/c1-3-27-20(25)14-11-23(10-12-5-4-6-13(9-12)26-2)18-16(22)8-7-15(21)17(18)19(14)24;1-25-11-4-2-3-10(7-11)8-21-9-12(18(23)24)17(22)15-13(19)5-6-14(20)16(15)21;1-2-18-12(17)6-5-15-10-8(14)4-3-7(13)9(10)11(6)16;1-10-8-4-2-3-7(5-8)6-9/h4-9,11H,3,10H2,1-2H3;2-7,9H,8H2,1H3,(H,23,24);3-5H,2H2,1H3,(H,15,16);2-5H,6H2,1H3. The first-order valence-corrected chi connectivity index (χ1v) is 24.4. The monoisotopic (exact) mass is 1130 g/mol. The van der Waals surface area contributed by atoms with Crippen molar-refractivity contribution in [3.63, 3.8) is 0 Å². The zero-order chi connectivity index (χ0) is 58.4. The van der Waals surface area contributed by atoms with Gasteiger partial charge in [0.2, 0.25) is 16.3 Å². The van der Waals surface area contributed by atoms with Crippen molar-refractivity contribution in [3.8, 4) is 17.2 Å². The summed E-state index contributed by atoms with van der Waals surface area (Å²) in [6.45, 7) is 3.44. The lowest BCUT2D eigenvalue weighted by Gasteiger charge is -2.15. The minimum atomic E-state index is -1.50. The second-order valence-corrected chi connectivity index (χ2v) is 17.0. The molecule has 0 saturated heterocycles. The fourth-order valence-electron chi connectivity index (χ4n) is 7.97. The summed E-state index contributed by atoms with van der Waals surface area (Å²) in [4.78, 5) is 74.0. The minimum absolute atomic E-state index is 0.0363. The summed E-state index contributed by atoms with van der Waals surface area (Å²) in [6.07, 6.45) is 3.24. The van der Waals surface area contributed by atoms with Gasteiger partial charge in [0, 0.05) is 37.6 Å². The van der Waals surface area contributed by atoms with Gasteiger partial charge in [0.05, 0.1) is 67.3 Å². The molecule has 0 radical (unpaired) electrons. The summed E-state index contributed by atoms with van der Waals surface area (Å²) in [5, 5.41) is 7.66. The predicted molar refractivity (Wildman–Crippen MR) is 286 cm³/mol. The van der Waals surface area contributed by atoms with Crippen molar-refractivity contribution in [1.29, 1.82) is 0 Å². The second kappa shape index (κ2) is 27.3. The number of alkyl halides is 1. The van der Waals surface area contributed by atoms with Crippen LogP contribution in [0.15, 0.2) is 142 Å². The van der Waals surface area contributed by atoms with Crippen LogP contribution in [0.1, 0.15) is 61.6 Å². The molecule has 0 saturated carbocycles. The van der Waals surface area contributed by atoms with E-state index in [1.807, 2.05) is 24.3 Å². The number of halogens is 7. The van der Waals surface area contributed by atoms with E-state index < -0.39 is 90.8 Å². The molecule has 0 bridgehead atoms. The molecule has 0 unspecified atom stereocenters. The SMILES string of the molecule is CCOC(=O)c1c[nH]c2c(F)ccc(F)c2c1=O.CCOC(=O)c1cn(Cc2cccc(OC)c2)c2c(F)ccc(F)c2c1=O.COc1cccc(CCl)c1.COc1cccc(Cn2cc(C(=O)O)c(=O)c3c(F)ccc(F)c32)c1. The molecule has 0 amide bonds. The maximum atomic E-state index is 14.5. The third kappa shape index (κ3) is 13.8. The van der Waals surface area contributed by atoms with Gasteiger partial charge in [0.1, 0.15) is 68.8 Å². The molecule has 6 aromatic carbocycles. The van der Waals surface area contributed by atoms with Crippen LogP contribution in [0.5, 0.6) is 17.2 Å². The number of carbonyl (C=O) groups excluding carboxylic acids is 2. The Hall–Kier alpha value is -9.37. The number of rotatable bonds is 13. The summed E-state index contributed by atoms with van der Waals surface area (Å²) in [5.41, 5.74) is -2.46. The summed E-state index contributed by atoms with van der Waals surface area (Å²) in [5.74, 6) is -5.80. The Balaban J connectivity index is 0.000000181. The maximum Gasteiger partial charge on any atom is 0.343 e. The van der Waals surface area contributed by atoms with Gasteiger partial charge in [-0.25, -0.2) is 40.7 Å². The highest BCUT2D eigenvalue weighted by atomic mass is 35.5. The first-order chi connectivity index (χ1) is 38.3. The lowest BCUT2D eigenvalue weighted by molar-refractivity contribution is 0.0514. The molecule has 0 spiro atoms. The number of carboxylic acid groups (broad SMARTS) is 1. The van der Waals surface area contributed by atoms with Gasteiger partial charge in [-0.1, -0.05) is 36.4 Å². The molecular weight excluding hydrogens is 1080 g/mol. The lowest BCUT2D eigenvalue weighted by atomic mass is 10.1. The normalized spacial score (nSPS) is 10.6. The molecule has 22 heteroatoms. The summed E-state index contributed by atoms with van der Waals surface area (Å²) >= 11 is 5.60. The third-order valence-corrected chi connectivity index (χ3v) is 12.0. The van der Waals surface area contributed by atoms with Gasteiger partial charge in [0.15, 0.2) is 0 Å². The zero-order valence-electron chi connectivity index (χ0n) is 43.1. The largest absolute Gasteiger partial charge is 0.497 e. The van der Waals surface area contributed by atoms with E-state index in [1.54, 1.807) is 69.5 Å². The molecule has 2 N–H and O–H groups in total. The number of H-pyrrole nitrogens is 1. The highest BCUT2D eigenvalue weighted by molar-refractivity contribution is 6.17. The van der Waals surface area contributed by atoms with Gasteiger partial charge in [-0.05, 0) is 103 Å². The molecule has 0 aliphatic rings. The highest BCUT2D eigenvalue weighted by Crippen LogP contribution is 2.25. The van der Waals surface area contributed by atoms with Crippen molar-refractivity contribution < 1.29 is 69.5 Å². The van der Waals surface area contributed by atoms with Gasteiger partial charge < -0.3 is 42.9 Å². The van der Waals surface area contributed by atoms with E-state index in [0.29, 0.717) is 22.9 Å². The molecule has 0 aliphatic carbocycles. The van der Waals surface area contributed by atoms with Crippen molar-refractivity contribution in [1.82, 2.24) is 14.1 Å². The molecule has 9 rings (SSSR count). The summed E-state index contributed by atoms with van der Waals surface area (Å²) in [6, 6.07) is 26.8. The molecule has 80 heavy (non-hydrogen) atoms. The lowest BCUT2D eigenvalue weighted by Crippen LogP contribution is -2.22. The Labute approximate surface area is 455 Å². The van der Waals surface area contributed by atoms with Crippen LogP contribution < -0.4 is 30.5 Å². The van der Waals surface area contributed by atoms with Gasteiger partial charge in [-0.2, -0.15) is 0 Å². The molecule has 0 aliphatic heterocycles. The number of aromatic nitrogens is 3. The number of benzene rings is 6. The number of hydrogen-bond donors (Lipinski definition) is 2. The van der Waals surface area contributed by atoms with E-state index in [4.69, 9.17) is 30.5 Å². The predicted octanol–water partition coefficient (Wildman–Crippen LogP) is 11.0. The number of ether oxygens (including phenoxy) is 5. The fourth-order valence-corrected chi connectivity index (χ4v) is 8.14. The molecule has 15 nitrogen and oxygen atoms in total. The van der Waals surface area contributed by atoms with E-state index in [-0.39, 0.29) is 54.0 Å². The topological polar surface area (TPSA) is 194 Å². The van der Waals surface area contributed by atoms with Gasteiger partial charge in [-0.3, -0.25) is 14.4 Å². The smallest absolute Gasteiger partial charge is 0.343 e. The zero-order valence-corrected chi connectivity index (χ0v) is 43.9.